The first-order valence-corrected chi connectivity index (χ1v) is 10.3. The van der Waals surface area contributed by atoms with Crippen molar-refractivity contribution in [1.82, 2.24) is 9.97 Å². The predicted octanol–water partition coefficient (Wildman–Crippen LogP) is 3.83. The molecule has 1 heterocycles. The molecule has 0 bridgehead atoms. The number of aromatic nitrogens is 2. The number of halogens is 2. The number of sulfonamides is 1. The second-order valence-electron chi connectivity index (χ2n) is 5.93. The topological polar surface area (TPSA) is 101 Å². The number of hydrogen-bond donors (Lipinski definition) is 2. The summed E-state index contributed by atoms with van der Waals surface area (Å²) in [5.74, 6) is -1.78. The molecule has 10 heteroatoms. The summed E-state index contributed by atoms with van der Waals surface area (Å²) in [6.07, 6.45) is 3.22. The lowest BCUT2D eigenvalue weighted by atomic mass is 10.1. The Morgan fingerprint density at radius 2 is 2.04 bits per heavy atom. The minimum atomic E-state index is -3.71. The molecule has 7 nitrogen and oxygen atoms in total. The van der Waals surface area contributed by atoms with Crippen LogP contribution in [0.3, 0.4) is 0 Å². The van der Waals surface area contributed by atoms with E-state index in [1.54, 1.807) is 25.3 Å². The Morgan fingerprint density at radius 1 is 1.25 bits per heavy atom. The van der Waals surface area contributed by atoms with E-state index in [1.807, 2.05) is 0 Å². The van der Waals surface area contributed by atoms with Gasteiger partial charge in [-0.3, -0.25) is 9.52 Å². The highest BCUT2D eigenvalue weighted by Crippen LogP contribution is 2.32. The van der Waals surface area contributed by atoms with E-state index in [4.69, 9.17) is 11.6 Å². The molecule has 146 valence electrons. The van der Waals surface area contributed by atoms with E-state index in [1.165, 1.54) is 24.5 Å². The highest BCUT2D eigenvalue weighted by Gasteiger charge is 2.20. The molecule has 2 aromatic carbocycles. The molecule has 0 aliphatic rings. The van der Waals surface area contributed by atoms with Gasteiger partial charge in [-0.25, -0.2) is 22.8 Å². The molecule has 0 unspecified atom stereocenters. The van der Waals surface area contributed by atoms with Gasteiger partial charge in [0, 0.05) is 11.6 Å². The van der Waals surface area contributed by atoms with Gasteiger partial charge in [0.15, 0.2) is 5.82 Å². The van der Waals surface area contributed by atoms with Crippen molar-refractivity contribution in [1.29, 1.82) is 0 Å². The Hall–Kier alpha value is -2.78. The van der Waals surface area contributed by atoms with Gasteiger partial charge in [0.2, 0.25) is 10.0 Å². The summed E-state index contributed by atoms with van der Waals surface area (Å²) in [6.45, 7) is 1.69. The molecule has 0 spiro atoms. The van der Waals surface area contributed by atoms with Gasteiger partial charge in [0.1, 0.15) is 6.33 Å². The zero-order chi connectivity index (χ0) is 20.3. The number of anilines is 2. The van der Waals surface area contributed by atoms with Crippen LogP contribution in [0.5, 0.6) is 0 Å². The van der Waals surface area contributed by atoms with Crippen LogP contribution in [0.4, 0.5) is 15.8 Å². The second kappa shape index (κ2) is 8.07. The lowest BCUT2D eigenvalue weighted by molar-refractivity contribution is 0.102. The molecule has 0 aliphatic carbocycles. The first-order chi connectivity index (χ1) is 13.3. The summed E-state index contributed by atoms with van der Waals surface area (Å²) in [4.78, 5) is 20.7. The molecule has 0 radical (unpaired) electrons. The minimum Gasteiger partial charge on any atom is -0.318 e. The molecule has 0 fully saturated rings. The molecule has 1 aromatic heterocycles. The van der Waals surface area contributed by atoms with Gasteiger partial charge < -0.3 is 5.32 Å². The molecule has 0 atom stereocenters. The van der Waals surface area contributed by atoms with Crippen molar-refractivity contribution in [2.75, 3.05) is 15.8 Å². The number of amides is 1. The van der Waals surface area contributed by atoms with E-state index in [9.17, 15) is 17.6 Å². The van der Waals surface area contributed by atoms with Gasteiger partial charge in [-0.1, -0.05) is 30.7 Å². The predicted molar refractivity (Wildman–Crippen MR) is 107 cm³/mol. The molecule has 0 saturated heterocycles. The SMILES string of the molecule is CCCS(=O)(=O)Nc1ccc(Cl)c(NC(=O)c2cccc3cncnc23)c1F. The highest BCUT2D eigenvalue weighted by atomic mass is 35.5. The summed E-state index contributed by atoms with van der Waals surface area (Å²) < 4.78 is 40.9. The van der Waals surface area contributed by atoms with Crippen LogP contribution in [0.1, 0.15) is 23.7 Å². The maximum atomic E-state index is 14.8. The van der Waals surface area contributed by atoms with Crippen molar-refractivity contribution in [2.45, 2.75) is 13.3 Å². The van der Waals surface area contributed by atoms with Crippen LogP contribution in [0.15, 0.2) is 42.9 Å². The lowest BCUT2D eigenvalue weighted by Crippen LogP contribution is -2.19. The van der Waals surface area contributed by atoms with Crippen molar-refractivity contribution in [2.24, 2.45) is 0 Å². The van der Waals surface area contributed by atoms with E-state index in [0.29, 0.717) is 17.3 Å². The van der Waals surface area contributed by atoms with Gasteiger partial charge >= 0.3 is 0 Å². The maximum absolute atomic E-state index is 14.8. The molecule has 3 rings (SSSR count). The van der Waals surface area contributed by atoms with E-state index >= 15 is 0 Å². The van der Waals surface area contributed by atoms with Crippen LogP contribution in [-0.2, 0) is 10.0 Å². The molecular formula is C18H16ClFN4O3S. The summed E-state index contributed by atoms with van der Waals surface area (Å²) in [5, 5.41) is 2.98. The quantitative estimate of drug-likeness (QED) is 0.628. The van der Waals surface area contributed by atoms with Crippen molar-refractivity contribution in [3.8, 4) is 0 Å². The molecule has 0 saturated carbocycles. The fraction of sp³-hybridized carbons (Fsp3) is 0.167. The first kappa shape index (κ1) is 20.0. The normalized spacial score (nSPS) is 11.4. The minimum absolute atomic E-state index is 0.0702. The third-order valence-electron chi connectivity index (χ3n) is 3.85. The van der Waals surface area contributed by atoms with Crippen LogP contribution in [0.2, 0.25) is 5.02 Å². The molecule has 1 amide bonds. The Balaban J connectivity index is 1.95. The second-order valence-corrected chi connectivity index (χ2v) is 8.17. The number of fused-ring (bicyclic) bond motifs is 1. The van der Waals surface area contributed by atoms with E-state index < -0.39 is 21.7 Å². The number of nitrogens with zero attached hydrogens (tertiary/aromatic N) is 2. The smallest absolute Gasteiger partial charge is 0.257 e. The zero-order valence-corrected chi connectivity index (χ0v) is 16.3. The Morgan fingerprint density at radius 3 is 2.79 bits per heavy atom. The molecule has 2 N–H and O–H groups in total. The average molecular weight is 423 g/mol. The summed E-state index contributed by atoms with van der Waals surface area (Å²) >= 11 is 6.03. The van der Waals surface area contributed by atoms with Crippen molar-refractivity contribution >= 4 is 49.8 Å². The monoisotopic (exact) mass is 422 g/mol. The zero-order valence-electron chi connectivity index (χ0n) is 14.7. The van der Waals surface area contributed by atoms with Crippen LogP contribution >= 0.6 is 11.6 Å². The highest BCUT2D eigenvalue weighted by molar-refractivity contribution is 7.92. The Kier molecular flexibility index (Phi) is 5.76. The summed E-state index contributed by atoms with van der Waals surface area (Å²) in [6, 6.07) is 7.42. The molecule has 0 aliphatic heterocycles. The number of rotatable bonds is 6. The standard InChI is InChI=1S/C18H16ClFN4O3S/c1-2-8-28(26,27)24-14-7-6-13(19)17(15(14)20)23-18(25)12-5-3-4-11-9-21-10-22-16(11)12/h3-7,9-10,24H,2,8H2,1H3,(H,23,25). The van der Waals surface area contributed by atoms with Gasteiger partial charge in [-0.05, 0) is 24.6 Å². The van der Waals surface area contributed by atoms with E-state index in [0.717, 1.165) is 0 Å². The van der Waals surface area contributed by atoms with Crippen molar-refractivity contribution < 1.29 is 17.6 Å². The molecule has 28 heavy (non-hydrogen) atoms. The molecule has 3 aromatic rings. The number of carbonyl (C=O) groups excluding carboxylic acids is 1. The average Bonchev–Trinajstić information content (AvgIpc) is 2.66. The number of para-hydroxylation sites is 1. The van der Waals surface area contributed by atoms with E-state index in [-0.39, 0.29) is 27.7 Å². The first-order valence-electron chi connectivity index (χ1n) is 8.31. The van der Waals surface area contributed by atoms with E-state index in [2.05, 4.69) is 20.0 Å². The van der Waals surface area contributed by atoms with Crippen LogP contribution < -0.4 is 10.0 Å². The summed E-state index contributed by atoms with van der Waals surface area (Å²) in [5.41, 5.74) is -0.0264. The Bertz CT molecular complexity index is 1150. The number of nitrogens with one attached hydrogen (secondary N) is 2. The third kappa shape index (κ3) is 4.20. The number of carbonyl (C=O) groups is 1. The fourth-order valence-electron chi connectivity index (χ4n) is 2.61. The summed E-state index contributed by atoms with van der Waals surface area (Å²) in [7, 11) is -3.71. The van der Waals surface area contributed by atoms with Crippen molar-refractivity contribution in [3.63, 3.8) is 0 Å². The molecular weight excluding hydrogens is 407 g/mol. The van der Waals surface area contributed by atoms with Crippen molar-refractivity contribution in [3.05, 3.63) is 59.3 Å². The third-order valence-corrected chi connectivity index (χ3v) is 5.64. The number of hydrogen-bond acceptors (Lipinski definition) is 5. The van der Waals surface area contributed by atoms with Gasteiger partial charge in [0.05, 0.1) is 33.2 Å². The largest absolute Gasteiger partial charge is 0.318 e. The van der Waals surface area contributed by atoms with Crippen LogP contribution in [-0.4, -0.2) is 30.0 Å². The Labute approximate surface area is 166 Å². The van der Waals surface area contributed by atoms with Gasteiger partial charge in [-0.2, -0.15) is 0 Å². The van der Waals surface area contributed by atoms with Gasteiger partial charge in [-0.15, -0.1) is 0 Å². The van der Waals surface area contributed by atoms with Gasteiger partial charge in [0.25, 0.3) is 5.91 Å². The number of benzene rings is 2. The lowest BCUT2D eigenvalue weighted by Gasteiger charge is -2.14. The van der Waals surface area contributed by atoms with Crippen LogP contribution in [0.25, 0.3) is 10.9 Å². The van der Waals surface area contributed by atoms with Crippen LogP contribution in [0, 0.1) is 5.82 Å². The fourth-order valence-corrected chi connectivity index (χ4v) is 3.94. The maximum Gasteiger partial charge on any atom is 0.257 e.